The lowest BCUT2D eigenvalue weighted by Gasteiger charge is -2.17. The van der Waals surface area contributed by atoms with Gasteiger partial charge in [-0.15, -0.1) is 0 Å². The second-order valence-electron chi connectivity index (χ2n) is 4.40. The van der Waals surface area contributed by atoms with Crippen LogP contribution in [0.5, 0.6) is 5.75 Å². The van der Waals surface area contributed by atoms with E-state index in [9.17, 15) is 9.59 Å². The van der Waals surface area contributed by atoms with Gasteiger partial charge in [-0.3, -0.25) is 9.59 Å². The summed E-state index contributed by atoms with van der Waals surface area (Å²) in [6, 6.07) is 6.83. The van der Waals surface area contributed by atoms with Crippen LogP contribution in [0.15, 0.2) is 24.3 Å². The van der Waals surface area contributed by atoms with Gasteiger partial charge in [-0.1, -0.05) is 18.2 Å². The zero-order chi connectivity index (χ0) is 16.4. The maximum Gasteiger partial charge on any atom is 0.310 e. The number of para-hydroxylation sites is 1. The van der Waals surface area contributed by atoms with Crippen molar-refractivity contribution in [2.75, 3.05) is 19.8 Å². The monoisotopic (exact) mass is 310 g/mol. The first-order valence-electron chi connectivity index (χ1n) is 7.21. The lowest BCUT2D eigenvalue weighted by molar-refractivity contribution is -0.179. The summed E-state index contributed by atoms with van der Waals surface area (Å²) in [4.78, 5) is 22.9. The van der Waals surface area contributed by atoms with E-state index >= 15 is 0 Å². The molecule has 0 amide bonds. The van der Waals surface area contributed by atoms with Gasteiger partial charge in [-0.2, -0.15) is 0 Å². The fourth-order valence-corrected chi connectivity index (χ4v) is 1.79. The van der Waals surface area contributed by atoms with Gasteiger partial charge >= 0.3 is 11.9 Å². The molecule has 0 aliphatic heterocycles. The third-order valence-electron chi connectivity index (χ3n) is 2.65. The molecule has 0 aliphatic rings. The Hall–Kier alpha value is -1.92. The summed E-state index contributed by atoms with van der Waals surface area (Å²) in [5.74, 6) is -0.518. The van der Waals surface area contributed by atoms with Crippen LogP contribution in [0.25, 0.3) is 0 Å². The Morgan fingerprint density at radius 3 is 2.32 bits per heavy atom. The van der Waals surface area contributed by atoms with Crippen LogP contribution in [0.4, 0.5) is 0 Å². The summed E-state index contributed by atoms with van der Waals surface area (Å²) in [6.45, 7) is 5.95. The summed E-state index contributed by atoms with van der Waals surface area (Å²) in [5.41, 5.74) is 0.590. The highest BCUT2D eigenvalue weighted by molar-refractivity contribution is 5.75. The van der Waals surface area contributed by atoms with Gasteiger partial charge in [-0.05, 0) is 19.9 Å². The van der Waals surface area contributed by atoms with Crippen LogP contribution in [0.1, 0.15) is 26.3 Å². The molecule has 122 valence electrons. The number of carbonyl (C=O) groups is 2. The molecule has 0 bridgehead atoms. The van der Waals surface area contributed by atoms with E-state index in [1.54, 1.807) is 24.3 Å². The van der Waals surface area contributed by atoms with Crippen LogP contribution in [0, 0.1) is 0 Å². The molecule has 0 radical (unpaired) electrons. The molecule has 0 unspecified atom stereocenters. The molecule has 0 saturated carbocycles. The van der Waals surface area contributed by atoms with Crippen molar-refractivity contribution < 1.29 is 28.5 Å². The lowest BCUT2D eigenvalue weighted by Crippen LogP contribution is -2.26. The minimum atomic E-state index is -0.567. The van der Waals surface area contributed by atoms with Crippen molar-refractivity contribution in [2.45, 2.75) is 33.5 Å². The molecule has 22 heavy (non-hydrogen) atoms. The largest absolute Gasteiger partial charge is 0.460 e. The van der Waals surface area contributed by atoms with E-state index in [1.165, 1.54) is 6.92 Å². The van der Waals surface area contributed by atoms with Crippen LogP contribution in [0.3, 0.4) is 0 Å². The van der Waals surface area contributed by atoms with Crippen molar-refractivity contribution in [2.24, 2.45) is 0 Å². The number of hydrogen-bond acceptors (Lipinski definition) is 6. The van der Waals surface area contributed by atoms with Crippen molar-refractivity contribution in [3.05, 3.63) is 29.8 Å². The number of hydrogen-bond donors (Lipinski definition) is 0. The van der Waals surface area contributed by atoms with Crippen molar-refractivity contribution in [3.63, 3.8) is 0 Å². The zero-order valence-electron chi connectivity index (χ0n) is 13.2. The lowest BCUT2D eigenvalue weighted by atomic mass is 10.1. The minimum absolute atomic E-state index is 0.00836. The standard InChI is InChI=1S/C16H22O6/c1-4-19-16(20-5-2)11-21-15(18)10-13-8-6-7-9-14(13)22-12(3)17/h6-9,16H,4-5,10-11H2,1-3H3. The Balaban J connectivity index is 2.56. The van der Waals surface area contributed by atoms with Gasteiger partial charge in [0.2, 0.25) is 0 Å². The molecule has 6 nitrogen and oxygen atoms in total. The van der Waals surface area contributed by atoms with Crippen LogP contribution in [-0.4, -0.2) is 38.0 Å². The van der Waals surface area contributed by atoms with Crippen LogP contribution < -0.4 is 4.74 Å². The number of carbonyl (C=O) groups excluding carboxylic acids is 2. The third kappa shape index (κ3) is 6.69. The summed E-state index contributed by atoms with van der Waals surface area (Å²) in [7, 11) is 0. The molecule has 0 heterocycles. The van der Waals surface area contributed by atoms with E-state index in [0.717, 1.165) is 0 Å². The van der Waals surface area contributed by atoms with Crippen molar-refractivity contribution >= 4 is 11.9 Å². The first kappa shape index (κ1) is 18.1. The topological polar surface area (TPSA) is 71.1 Å². The van der Waals surface area contributed by atoms with E-state index < -0.39 is 18.2 Å². The van der Waals surface area contributed by atoms with E-state index in [2.05, 4.69) is 0 Å². The van der Waals surface area contributed by atoms with E-state index in [4.69, 9.17) is 18.9 Å². The molecule has 1 aromatic rings. The molecule has 0 saturated heterocycles. The molecule has 0 atom stereocenters. The first-order valence-corrected chi connectivity index (χ1v) is 7.21. The number of esters is 2. The fourth-order valence-electron chi connectivity index (χ4n) is 1.79. The summed E-state index contributed by atoms with van der Waals surface area (Å²) in [5, 5.41) is 0. The highest BCUT2D eigenvalue weighted by Gasteiger charge is 2.14. The molecular formula is C16H22O6. The van der Waals surface area contributed by atoms with Crippen molar-refractivity contribution in [3.8, 4) is 5.75 Å². The smallest absolute Gasteiger partial charge is 0.310 e. The molecule has 1 aromatic carbocycles. The van der Waals surface area contributed by atoms with Gasteiger partial charge in [0.05, 0.1) is 6.42 Å². The van der Waals surface area contributed by atoms with Gasteiger partial charge in [-0.25, -0.2) is 0 Å². The number of benzene rings is 1. The molecule has 0 N–H and O–H groups in total. The molecule has 0 spiro atoms. The van der Waals surface area contributed by atoms with Gasteiger partial charge in [0.1, 0.15) is 12.4 Å². The SMILES string of the molecule is CCOC(COC(=O)Cc1ccccc1OC(C)=O)OCC. The quantitative estimate of drug-likeness (QED) is 0.395. The molecule has 0 aromatic heterocycles. The minimum Gasteiger partial charge on any atom is -0.460 e. The summed E-state index contributed by atoms with van der Waals surface area (Å²) in [6.07, 6.45) is -0.559. The van der Waals surface area contributed by atoms with Crippen LogP contribution in [-0.2, 0) is 30.2 Å². The predicted molar refractivity (Wildman–Crippen MR) is 79.5 cm³/mol. The Labute approximate surface area is 130 Å². The van der Waals surface area contributed by atoms with Gasteiger partial charge < -0.3 is 18.9 Å². The van der Waals surface area contributed by atoms with E-state index in [-0.39, 0.29) is 13.0 Å². The van der Waals surface area contributed by atoms with Crippen LogP contribution in [0.2, 0.25) is 0 Å². The summed E-state index contributed by atoms with van der Waals surface area (Å²) < 4.78 is 20.8. The third-order valence-corrected chi connectivity index (χ3v) is 2.65. The maximum atomic E-state index is 11.9. The van der Waals surface area contributed by atoms with Crippen LogP contribution >= 0.6 is 0 Å². The molecule has 6 heteroatoms. The number of ether oxygens (including phenoxy) is 4. The van der Waals surface area contributed by atoms with Crippen molar-refractivity contribution in [1.29, 1.82) is 0 Å². The molecule has 0 fully saturated rings. The molecule has 0 aliphatic carbocycles. The predicted octanol–water partition coefficient (Wildman–Crippen LogP) is 2.10. The zero-order valence-corrected chi connectivity index (χ0v) is 13.2. The second-order valence-corrected chi connectivity index (χ2v) is 4.40. The van der Waals surface area contributed by atoms with Gasteiger partial charge in [0.15, 0.2) is 6.29 Å². The van der Waals surface area contributed by atoms with E-state index in [1.807, 2.05) is 13.8 Å². The van der Waals surface area contributed by atoms with Gasteiger partial charge in [0.25, 0.3) is 0 Å². The average Bonchev–Trinajstić information content (AvgIpc) is 2.47. The van der Waals surface area contributed by atoms with E-state index in [0.29, 0.717) is 24.5 Å². The Kier molecular flexibility index (Phi) is 8.17. The highest BCUT2D eigenvalue weighted by Crippen LogP contribution is 2.19. The molecule has 1 rings (SSSR count). The summed E-state index contributed by atoms with van der Waals surface area (Å²) >= 11 is 0. The Morgan fingerprint density at radius 2 is 1.73 bits per heavy atom. The molecular weight excluding hydrogens is 288 g/mol. The Bertz CT molecular complexity index is 479. The van der Waals surface area contributed by atoms with Gasteiger partial charge in [0, 0.05) is 25.7 Å². The number of rotatable bonds is 9. The maximum absolute atomic E-state index is 11.9. The second kappa shape index (κ2) is 9.92. The highest BCUT2D eigenvalue weighted by atomic mass is 16.7. The normalized spacial score (nSPS) is 10.5. The fraction of sp³-hybridized carbons (Fsp3) is 0.500. The average molecular weight is 310 g/mol. The Morgan fingerprint density at radius 1 is 1.09 bits per heavy atom. The van der Waals surface area contributed by atoms with Crippen molar-refractivity contribution in [1.82, 2.24) is 0 Å². The first-order chi connectivity index (χ1) is 10.6.